The predicted octanol–water partition coefficient (Wildman–Crippen LogP) is 4.32. The molecule has 1 aromatic heterocycles. The molecule has 0 aliphatic heterocycles. The van der Waals surface area contributed by atoms with Gasteiger partial charge < -0.3 is 5.32 Å². The fourth-order valence-corrected chi connectivity index (χ4v) is 3.54. The molecule has 24 heavy (non-hydrogen) atoms. The van der Waals surface area contributed by atoms with Crippen molar-refractivity contribution in [3.63, 3.8) is 0 Å². The molecule has 1 aliphatic rings. The van der Waals surface area contributed by atoms with Crippen LogP contribution in [0.3, 0.4) is 0 Å². The van der Waals surface area contributed by atoms with E-state index < -0.39 is 0 Å². The number of benzene rings is 1. The summed E-state index contributed by atoms with van der Waals surface area (Å²) in [7, 11) is 0. The third-order valence-corrected chi connectivity index (χ3v) is 4.83. The highest BCUT2D eigenvalue weighted by molar-refractivity contribution is 7.19. The summed E-state index contributed by atoms with van der Waals surface area (Å²) < 4.78 is 0. The van der Waals surface area contributed by atoms with Crippen molar-refractivity contribution in [3.8, 4) is 0 Å². The lowest BCUT2D eigenvalue weighted by Crippen LogP contribution is -2.17. The molecular formula is C18H22N4OS. The summed E-state index contributed by atoms with van der Waals surface area (Å²) in [5.41, 5.74) is 0.987. The molecular weight excluding hydrogens is 320 g/mol. The van der Waals surface area contributed by atoms with Gasteiger partial charge in [0.15, 0.2) is 0 Å². The molecule has 0 radical (unpaired) electrons. The van der Waals surface area contributed by atoms with E-state index in [0.717, 1.165) is 10.7 Å². The number of aromatic nitrogens is 2. The van der Waals surface area contributed by atoms with Crippen molar-refractivity contribution >= 4 is 33.6 Å². The first-order chi connectivity index (χ1) is 11.8. The second-order valence-corrected chi connectivity index (χ2v) is 6.96. The van der Waals surface area contributed by atoms with Crippen LogP contribution in [0.5, 0.6) is 0 Å². The van der Waals surface area contributed by atoms with E-state index in [1.165, 1.54) is 55.9 Å². The molecule has 0 atom stereocenters. The summed E-state index contributed by atoms with van der Waals surface area (Å²) in [4.78, 5) is 12.0. The van der Waals surface area contributed by atoms with E-state index in [9.17, 15) is 4.79 Å². The number of amides is 1. The highest BCUT2D eigenvalue weighted by atomic mass is 32.1. The van der Waals surface area contributed by atoms with Gasteiger partial charge in [-0.05, 0) is 24.5 Å². The lowest BCUT2D eigenvalue weighted by atomic mass is 10.1. The van der Waals surface area contributed by atoms with Crippen LogP contribution in [0.2, 0.25) is 0 Å². The Hall–Kier alpha value is -2.21. The zero-order valence-electron chi connectivity index (χ0n) is 13.6. The van der Waals surface area contributed by atoms with Gasteiger partial charge in [0.25, 0.3) is 0 Å². The molecule has 1 aromatic carbocycles. The number of carbonyl (C=O) groups is 1. The van der Waals surface area contributed by atoms with Crippen LogP contribution < -0.4 is 10.6 Å². The number of nitrogens with zero attached hydrogens (tertiary/aromatic N) is 2. The van der Waals surface area contributed by atoms with Gasteiger partial charge in [0.05, 0.1) is 0 Å². The van der Waals surface area contributed by atoms with E-state index >= 15 is 0 Å². The van der Waals surface area contributed by atoms with Crippen molar-refractivity contribution in [1.82, 2.24) is 10.2 Å². The Balaban J connectivity index is 1.51. The zero-order valence-corrected chi connectivity index (χ0v) is 14.4. The van der Waals surface area contributed by atoms with E-state index in [4.69, 9.17) is 0 Å². The fraction of sp³-hybridized carbons (Fsp3) is 0.389. The first-order valence-electron chi connectivity index (χ1n) is 8.44. The molecule has 0 saturated heterocycles. The van der Waals surface area contributed by atoms with Gasteiger partial charge in [0.1, 0.15) is 0 Å². The Morgan fingerprint density at radius 3 is 2.50 bits per heavy atom. The maximum absolute atomic E-state index is 12.0. The molecule has 2 N–H and O–H groups in total. The zero-order chi connectivity index (χ0) is 16.6. The quantitative estimate of drug-likeness (QED) is 0.627. The minimum absolute atomic E-state index is 0.198. The molecule has 6 heteroatoms. The Labute approximate surface area is 146 Å². The SMILES string of the molecule is O=C(/C=C/c1ccccc1)Nc1nnc(NC2CCCCCC2)s1. The summed E-state index contributed by atoms with van der Waals surface area (Å²) in [6, 6.07) is 10.2. The lowest BCUT2D eigenvalue weighted by Gasteiger charge is -2.14. The van der Waals surface area contributed by atoms with Crippen LogP contribution >= 0.6 is 11.3 Å². The smallest absolute Gasteiger partial charge is 0.250 e. The lowest BCUT2D eigenvalue weighted by molar-refractivity contribution is -0.111. The van der Waals surface area contributed by atoms with E-state index in [2.05, 4.69) is 20.8 Å². The Bertz CT molecular complexity index is 675. The van der Waals surface area contributed by atoms with Gasteiger partial charge in [0, 0.05) is 12.1 Å². The first kappa shape index (κ1) is 16.6. The number of nitrogens with one attached hydrogen (secondary N) is 2. The van der Waals surface area contributed by atoms with Crippen LogP contribution in [0.15, 0.2) is 36.4 Å². The summed E-state index contributed by atoms with van der Waals surface area (Å²) in [6.45, 7) is 0. The van der Waals surface area contributed by atoms with E-state index in [-0.39, 0.29) is 5.91 Å². The van der Waals surface area contributed by atoms with E-state index in [0.29, 0.717) is 11.2 Å². The van der Waals surface area contributed by atoms with Gasteiger partial charge in [-0.3, -0.25) is 10.1 Å². The molecule has 1 aliphatic carbocycles. The van der Waals surface area contributed by atoms with Crippen molar-refractivity contribution in [1.29, 1.82) is 0 Å². The molecule has 0 bridgehead atoms. The van der Waals surface area contributed by atoms with Gasteiger partial charge in [-0.25, -0.2) is 0 Å². The average Bonchev–Trinajstić information content (AvgIpc) is 2.87. The van der Waals surface area contributed by atoms with Crippen LogP contribution in [0.1, 0.15) is 44.1 Å². The van der Waals surface area contributed by atoms with Crippen molar-refractivity contribution < 1.29 is 4.79 Å². The third-order valence-electron chi connectivity index (χ3n) is 4.06. The third kappa shape index (κ3) is 5.16. The molecule has 5 nitrogen and oxygen atoms in total. The highest BCUT2D eigenvalue weighted by Gasteiger charge is 2.14. The normalized spacial score (nSPS) is 16.0. The van der Waals surface area contributed by atoms with E-state index in [1.54, 1.807) is 6.08 Å². The Morgan fingerprint density at radius 1 is 1.04 bits per heavy atom. The van der Waals surface area contributed by atoms with Crippen molar-refractivity contribution in [2.75, 3.05) is 10.6 Å². The second-order valence-electron chi connectivity index (χ2n) is 5.98. The molecule has 1 fully saturated rings. The van der Waals surface area contributed by atoms with Crippen molar-refractivity contribution in [2.45, 2.75) is 44.6 Å². The molecule has 0 unspecified atom stereocenters. The van der Waals surface area contributed by atoms with Gasteiger partial charge in [0.2, 0.25) is 16.2 Å². The van der Waals surface area contributed by atoms with Crippen LogP contribution in [-0.4, -0.2) is 22.1 Å². The summed E-state index contributed by atoms with van der Waals surface area (Å²) in [5.74, 6) is -0.198. The molecule has 2 aromatic rings. The standard InChI is InChI=1S/C18H22N4OS/c23-16(13-12-14-8-4-3-5-9-14)20-18-22-21-17(24-18)19-15-10-6-1-2-7-11-15/h3-5,8-9,12-13,15H,1-2,6-7,10-11H2,(H,19,21)(H,20,22,23)/b13-12+. The molecule has 0 spiro atoms. The summed E-state index contributed by atoms with van der Waals surface area (Å²) >= 11 is 1.38. The number of carbonyl (C=O) groups excluding carboxylic acids is 1. The summed E-state index contributed by atoms with van der Waals surface area (Å²) in [6.07, 6.45) is 10.8. The van der Waals surface area contributed by atoms with Crippen LogP contribution in [0, 0.1) is 0 Å². The van der Waals surface area contributed by atoms with Gasteiger partial charge >= 0.3 is 0 Å². The maximum Gasteiger partial charge on any atom is 0.250 e. The molecule has 1 heterocycles. The Morgan fingerprint density at radius 2 is 1.75 bits per heavy atom. The maximum atomic E-state index is 12.0. The Kier molecular flexibility index (Phi) is 5.96. The number of hydrogen-bond donors (Lipinski definition) is 2. The molecule has 1 saturated carbocycles. The van der Waals surface area contributed by atoms with Crippen LogP contribution in [0.4, 0.5) is 10.3 Å². The van der Waals surface area contributed by atoms with Gasteiger partial charge in [-0.1, -0.05) is 67.4 Å². The average molecular weight is 342 g/mol. The van der Waals surface area contributed by atoms with Crippen LogP contribution in [-0.2, 0) is 4.79 Å². The second kappa shape index (κ2) is 8.59. The topological polar surface area (TPSA) is 66.9 Å². The van der Waals surface area contributed by atoms with Gasteiger partial charge in [-0.2, -0.15) is 0 Å². The minimum Gasteiger partial charge on any atom is -0.357 e. The largest absolute Gasteiger partial charge is 0.357 e. The monoisotopic (exact) mass is 342 g/mol. The minimum atomic E-state index is -0.198. The number of anilines is 2. The first-order valence-corrected chi connectivity index (χ1v) is 9.25. The number of rotatable bonds is 5. The molecule has 126 valence electrons. The summed E-state index contributed by atoms with van der Waals surface area (Å²) in [5, 5.41) is 15.7. The van der Waals surface area contributed by atoms with Crippen molar-refractivity contribution in [2.24, 2.45) is 0 Å². The molecule has 1 amide bonds. The number of hydrogen-bond acceptors (Lipinski definition) is 5. The van der Waals surface area contributed by atoms with Crippen LogP contribution in [0.25, 0.3) is 6.08 Å². The predicted molar refractivity (Wildman–Crippen MR) is 99.1 cm³/mol. The molecule has 3 rings (SSSR count). The highest BCUT2D eigenvalue weighted by Crippen LogP contribution is 2.25. The van der Waals surface area contributed by atoms with Gasteiger partial charge in [-0.15, -0.1) is 10.2 Å². The van der Waals surface area contributed by atoms with E-state index in [1.807, 2.05) is 30.3 Å². The van der Waals surface area contributed by atoms with Crippen molar-refractivity contribution in [3.05, 3.63) is 42.0 Å². The fourth-order valence-electron chi connectivity index (χ4n) is 2.81.